The van der Waals surface area contributed by atoms with Gasteiger partial charge < -0.3 is 10.1 Å². The average molecular weight is 442 g/mol. The van der Waals surface area contributed by atoms with Crippen LogP contribution in [0.25, 0.3) is 6.08 Å². The van der Waals surface area contributed by atoms with Crippen molar-refractivity contribution in [2.75, 3.05) is 0 Å². The molecule has 1 aliphatic rings. The Morgan fingerprint density at radius 3 is 2.62 bits per heavy atom. The first-order valence-electron chi connectivity index (χ1n) is 10.2. The van der Waals surface area contributed by atoms with Gasteiger partial charge in [-0.15, -0.1) is 0 Å². The molecule has 4 rings (SSSR count). The number of aromatic amines is 1. The van der Waals surface area contributed by atoms with Crippen molar-refractivity contribution in [1.29, 1.82) is 0 Å². The largest absolute Gasteiger partial charge is 0.439 e. The van der Waals surface area contributed by atoms with Crippen LogP contribution in [0.5, 0.6) is 11.6 Å². The molecule has 166 valence electrons. The van der Waals surface area contributed by atoms with Crippen LogP contribution in [-0.4, -0.2) is 27.1 Å². The highest BCUT2D eigenvalue weighted by molar-refractivity contribution is 5.92. The minimum atomic E-state index is -4.43. The van der Waals surface area contributed by atoms with Crippen molar-refractivity contribution in [1.82, 2.24) is 20.5 Å². The number of allylic oxidation sites excluding steroid dienone is 1. The van der Waals surface area contributed by atoms with Crippen LogP contribution in [0.15, 0.2) is 60.4 Å². The lowest BCUT2D eigenvalue weighted by molar-refractivity contribution is -0.137. The molecular formula is C23H21F3N4O2. The smallest absolute Gasteiger partial charge is 0.417 e. The number of nitrogens with zero attached hydrogens (tertiary/aromatic N) is 2. The number of hydrogen-bond donors (Lipinski definition) is 2. The number of carbonyl (C=O) groups excluding carboxylic acids is 1. The molecule has 0 radical (unpaired) electrons. The standard InChI is InChI=1S/C23H21F3N4O2/c24-23(25,26)17-6-9-21(27-14-17)32-19-3-1-2-16(13-19)12-15-4-7-18(8-5-15)29-22(31)20-10-11-28-30-20/h1-3,6,9-14,18H,4-5,7-8H2,(H,28,30)(H,29,31). The molecule has 6 nitrogen and oxygen atoms in total. The first-order chi connectivity index (χ1) is 15.4. The Kier molecular flexibility index (Phi) is 6.25. The average Bonchev–Trinajstić information content (AvgIpc) is 3.30. The van der Waals surface area contributed by atoms with Crippen molar-refractivity contribution in [2.45, 2.75) is 37.9 Å². The highest BCUT2D eigenvalue weighted by Crippen LogP contribution is 2.31. The molecule has 1 fully saturated rings. The van der Waals surface area contributed by atoms with E-state index in [1.54, 1.807) is 18.3 Å². The van der Waals surface area contributed by atoms with E-state index in [1.807, 2.05) is 18.2 Å². The fourth-order valence-electron chi connectivity index (χ4n) is 3.56. The van der Waals surface area contributed by atoms with E-state index in [1.165, 1.54) is 11.6 Å². The van der Waals surface area contributed by atoms with Gasteiger partial charge in [-0.1, -0.05) is 23.8 Å². The maximum Gasteiger partial charge on any atom is 0.417 e. The van der Waals surface area contributed by atoms with Crippen LogP contribution >= 0.6 is 0 Å². The van der Waals surface area contributed by atoms with Crippen molar-refractivity contribution in [3.8, 4) is 11.6 Å². The number of aromatic nitrogens is 3. The Hall–Kier alpha value is -3.62. The Morgan fingerprint density at radius 2 is 1.97 bits per heavy atom. The molecule has 2 aromatic heterocycles. The lowest BCUT2D eigenvalue weighted by Gasteiger charge is -2.24. The third kappa shape index (κ3) is 5.54. The Morgan fingerprint density at radius 1 is 1.16 bits per heavy atom. The molecule has 0 atom stereocenters. The second-order valence-corrected chi connectivity index (χ2v) is 7.58. The molecule has 1 aromatic carbocycles. The first-order valence-corrected chi connectivity index (χ1v) is 10.2. The van der Waals surface area contributed by atoms with Crippen molar-refractivity contribution >= 4 is 12.0 Å². The maximum absolute atomic E-state index is 12.7. The molecule has 3 aromatic rings. The minimum Gasteiger partial charge on any atom is -0.439 e. The van der Waals surface area contributed by atoms with Crippen LogP contribution in [0.4, 0.5) is 13.2 Å². The quantitative estimate of drug-likeness (QED) is 0.557. The zero-order valence-corrected chi connectivity index (χ0v) is 17.0. The highest BCUT2D eigenvalue weighted by Gasteiger charge is 2.30. The van der Waals surface area contributed by atoms with Crippen molar-refractivity contribution < 1.29 is 22.7 Å². The summed E-state index contributed by atoms with van der Waals surface area (Å²) < 4.78 is 43.6. The van der Waals surface area contributed by atoms with Gasteiger partial charge in [0.05, 0.1) is 5.56 Å². The van der Waals surface area contributed by atoms with Gasteiger partial charge in [-0.3, -0.25) is 9.89 Å². The number of nitrogens with one attached hydrogen (secondary N) is 2. The maximum atomic E-state index is 12.7. The molecule has 0 aliphatic heterocycles. The third-order valence-corrected chi connectivity index (χ3v) is 5.22. The van der Waals surface area contributed by atoms with Gasteiger partial charge >= 0.3 is 6.18 Å². The predicted octanol–water partition coefficient (Wildman–Crippen LogP) is 5.37. The topological polar surface area (TPSA) is 79.9 Å². The molecule has 9 heteroatoms. The van der Waals surface area contributed by atoms with E-state index in [0.29, 0.717) is 11.4 Å². The van der Waals surface area contributed by atoms with E-state index in [-0.39, 0.29) is 17.8 Å². The van der Waals surface area contributed by atoms with Crippen LogP contribution < -0.4 is 10.1 Å². The molecule has 1 amide bonds. The summed E-state index contributed by atoms with van der Waals surface area (Å²) in [6.07, 6.45) is 3.36. The summed E-state index contributed by atoms with van der Waals surface area (Å²) in [5, 5.41) is 9.47. The monoisotopic (exact) mass is 442 g/mol. The van der Waals surface area contributed by atoms with Crippen molar-refractivity contribution in [3.63, 3.8) is 0 Å². The summed E-state index contributed by atoms with van der Waals surface area (Å²) in [7, 11) is 0. The van der Waals surface area contributed by atoms with Gasteiger partial charge in [0.25, 0.3) is 5.91 Å². The molecule has 0 unspecified atom stereocenters. The summed E-state index contributed by atoms with van der Waals surface area (Å²) in [5.74, 6) is 0.435. The van der Waals surface area contributed by atoms with E-state index in [9.17, 15) is 18.0 Å². The molecule has 2 N–H and O–H groups in total. The molecule has 32 heavy (non-hydrogen) atoms. The molecule has 2 heterocycles. The third-order valence-electron chi connectivity index (χ3n) is 5.22. The second kappa shape index (κ2) is 9.25. The van der Waals surface area contributed by atoms with E-state index in [0.717, 1.165) is 43.5 Å². The number of halogens is 3. The number of carbonyl (C=O) groups is 1. The van der Waals surface area contributed by atoms with Crippen LogP contribution in [0.2, 0.25) is 0 Å². The van der Waals surface area contributed by atoms with Gasteiger partial charge in [0.2, 0.25) is 5.88 Å². The van der Waals surface area contributed by atoms with E-state index in [2.05, 4.69) is 26.6 Å². The van der Waals surface area contributed by atoms with Crippen LogP contribution in [-0.2, 0) is 6.18 Å². The minimum absolute atomic E-state index is 0.0938. The van der Waals surface area contributed by atoms with Crippen LogP contribution in [0.3, 0.4) is 0 Å². The lowest BCUT2D eigenvalue weighted by Crippen LogP contribution is -2.36. The van der Waals surface area contributed by atoms with Gasteiger partial charge in [-0.2, -0.15) is 18.3 Å². The SMILES string of the molecule is O=C(NC1CCC(=Cc2cccc(Oc3ccc(C(F)(F)F)cn3)c2)CC1)c1ccn[nH]1. The Labute approximate surface area is 182 Å². The first kappa shape index (κ1) is 21.6. The molecule has 0 bridgehead atoms. The molecular weight excluding hydrogens is 421 g/mol. The van der Waals surface area contributed by atoms with Gasteiger partial charge in [0.1, 0.15) is 11.4 Å². The lowest BCUT2D eigenvalue weighted by atomic mass is 9.89. The summed E-state index contributed by atoms with van der Waals surface area (Å²) in [6.45, 7) is 0. The summed E-state index contributed by atoms with van der Waals surface area (Å²) in [4.78, 5) is 15.9. The number of ether oxygens (including phenoxy) is 1. The number of H-pyrrole nitrogens is 1. The number of benzene rings is 1. The Balaban J connectivity index is 1.34. The molecule has 1 aliphatic carbocycles. The van der Waals surface area contributed by atoms with E-state index >= 15 is 0 Å². The molecule has 0 spiro atoms. The number of hydrogen-bond acceptors (Lipinski definition) is 4. The van der Waals surface area contributed by atoms with Crippen LogP contribution in [0, 0.1) is 0 Å². The fourth-order valence-corrected chi connectivity index (χ4v) is 3.56. The van der Waals surface area contributed by atoms with Gasteiger partial charge in [0.15, 0.2) is 0 Å². The normalized spacial score (nSPS) is 16.5. The number of alkyl halides is 3. The van der Waals surface area contributed by atoms with Gasteiger partial charge in [-0.05, 0) is 55.5 Å². The number of pyridine rings is 1. The zero-order valence-electron chi connectivity index (χ0n) is 17.0. The Bertz CT molecular complexity index is 1080. The summed E-state index contributed by atoms with van der Waals surface area (Å²) in [6, 6.07) is 11.2. The van der Waals surface area contributed by atoms with Crippen molar-refractivity contribution in [2.24, 2.45) is 0 Å². The highest BCUT2D eigenvalue weighted by atomic mass is 19.4. The van der Waals surface area contributed by atoms with E-state index in [4.69, 9.17) is 4.74 Å². The van der Waals surface area contributed by atoms with Crippen LogP contribution in [0.1, 0.15) is 47.3 Å². The van der Waals surface area contributed by atoms with E-state index < -0.39 is 11.7 Å². The summed E-state index contributed by atoms with van der Waals surface area (Å²) in [5.41, 5.74) is 1.83. The molecule has 0 saturated heterocycles. The zero-order chi connectivity index (χ0) is 22.6. The van der Waals surface area contributed by atoms with Gasteiger partial charge in [0, 0.05) is 24.5 Å². The van der Waals surface area contributed by atoms with Crippen molar-refractivity contribution in [3.05, 3.63) is 77.3 Å². The second-order valence-electron chi connectivity index (χ2n) is 7.58. The summed E-state index contributed by atoms with van der Waals surface area (Å²) >= 11 is 0. The fraction of sp³-hybridized carbons (Fsp3) is 0.261. The van der Waals surface area contributed by atoms with Gasteiger partial charge in [-0.25, -0.2) is 4.98 Å². The number of amides is 1. The molecule has 1 saturated carbocycles. The predicted molar refractivity (Wildman–Crippen MR) is 112 cm³/mol. The number of rotatable bonds is 5.